The van der Waals surface area contributed by atoms with Crippen LogP contribution in [0.1, 0.15) is 37.7 Å². The van der Waals surface area contributed by atoms with Gasteiger partial charge in [0.25, 0.3) is 0 Å². The molecule has 0 amide bonds. The zero-order valence-corrected chi connectivity index (χ0v) is 15.4. The van der Waals surface area contributed by atoms with Crippen LogP contribution in [0.3, 0.4) is 0 Å². The molecule has 1 aliphatic heterocycles. The van der Waals surface area contributed by atoms with Crippen molar-refractivity contribution in [3.63, 3.8) is 0 Å². The molecule has 1 aromatic carbocycles. The van der Waals surface area contributed by atoms with Crippen molar-refractivity contribution in [1.29, 1.82) is 0 Å². The molecule has 1 atom stereocenters. The van der Waals surface area contributed by atoms with Gasteiger partial charge in [-0.05, 0) is 68.9 Å². The standard InChI is InChI=1S/C18H28N2O3.ClH.H2O/c21-16-6-4-15(5-7-16)13-17(18(22)23)20-10-2-1-3-14-8-11-19-12-9-14;;/h4-7,14,17,19-21H,1-3,8-13H2,(H,22,23);1H;1H2/t17-;;/m0../s1. The molecule has 144 valence electrons. The summed E-state index contributed by atoms with van der Waals surface area (Å²) < 4.78 is 0. The predicted molar refractivity (Wildman–Crippen MR) is 102 cm³/mol. The summed E-state index contributed by atoms with van der Waals surface area (Å²) in [7, 11) is 0. The van der Waals surface area contributed by atoms with Gasteiger partial charge in [0.2, 0.25) is 0 Å². The maximum Gasteiger partial charge on any atom is 0.321 e. The number of rotatable bonds is 9. The molecule has 1 aliphatic rings. The number of halogens is 1. The van der Waals surface area contributed by atoms with Gasteiger partial charge >= 0.3 is 5.97 Å². The van der Waals surface area contributed by atoms with Gasteiger partial charge in [-0.25, -0.2) is 0 Å². The Morgan fingerprint density at radius 1 is 1.20 bits per heavy atom. The SMILES string of the molecule is Cl.O.O=C(O)[C@H](Cc1ccc(O)cc1)NCCCCC1CCNCC1. The highest BCUT2D eigenvalue weighted by molar-refractivity contribution is 5.85. The van der Waals surface area contributed by atoms with Crippen molar-refractivity contribution < 1.29 is 20.5 Å². The van der Waals surface area contributed by atoms with Gasteiger partial charge < -0.3 is 26.3 Å². The van der Waals surface area contributed by atoms with E-state index >= 15 is 0 Å². The Hall–Kier alpha value is -1.34. The normalized spacial score (nSPS) is 15.7. The second-order valence-electron chi connectivity index (χ2n) is 6.40. The minimum Gasteiger partial charge on any atom is -0.508 e. The van der Waals surface area contributed by atoms with Gasteiger partial charge in [-0.1, -0.05) is 25.0 Å². The fraction of sp³-hybridized carbons (Fsp3) is 0.611. The summed E-state index contributed by atoms with van der Waals surface area (Å²) in [5.74, 6) is 0.214. The van der Waals surface area contributed by atoms with Crippen LogP contribution in [0.2, 0.25) is 0 Å². The molecule has 1 heterocycles. The molecule has 6 nitrogen and oxygen atoms in total. The number of hydrogen-bond acceptors (Lipinski definition) is 4. The minimum atomic E-state index is -0.823. The van der Waals surface area contributed by atoms with Gasteiger partial charge in [0.15, 0.2) is 0 Å². The number of benzene rings is 1. The minimum absolute atomic E-state index is 0. The second-order valence-corrected chi connectivity index (χ2v) is 6.40. The van der Waals surface area contributed by atoms with E-state index in [0.29, 0.717) is 6.42 Å². The Kier molecular flexibility index (Phi) is 12.2. The van der Waals surface area contributed by atoms with E-state index in [1.165, 1.54) is 19.3 Å². The van der Waals surface area contributed by atoms with Crippen molar-refractivity contribution in [2.45, 2.75) is 44.6 Å². The van der Waals surface area contributed by atoms with Crippen molar-refractivity contribution in [2.75, 3.05) is 19.6 Å². The average Bonchev–Trinajstić information content (AvgIpc) is 2.56. The molecule has 7 heteroatoms. The number of carboxylic acid groups (broad SMARTS) is 1. The molecular formula is C18H31ClN2O4. The Morgan fingerprint density at radius 3 is 2.44 bits per heavy atom. The highest BCUT2D eigenvalue weighted by atomic mass is 35.5. The number of carbonyl (C=O) groups is 1. The molecule has 0 spiro atoms. The van der Waals surface area contributed by atoms with E-state index in [1.54, 1.807) is 24.3 Å². The second kappa shape index (κ2) is 12.9. The molecule has 0 radical (unpaired) electrons. The third-order valence-electron chi connectivity index (χ3n) is 4.56. The number of hydrogen-bond donors (Lipinski definition) is 4. The number of unbranched alkanes of at least 4 members (excludes halogenated alkanes) is 1. The maximum atomic E-state index is 11.4. The molecule has 0 aromatic heterocycles. The van der Waals surface area contributed by atoms with Gasteiger partial charge in [0.1, 0.15) is 11.8 Å². The van der Waals surface area contributed by atoms with Gasteiger partial charge in [-0.3, -0.25) is 4.79 Å². The zero-order valence-electron chi connectivity index (χ0n) is 14.5. The first kappa shape index (κ1) is 23.7. The molecule has 2 rings (SSSR count). The van der Waals surface area contributed by atoms with E-state index in [2.05, 4.69) is 10.6 Å². The van der Waals surface area contributed by atoms with Crippen molar-refractivity contribution in [2.24, 2.45) is 5.92 Å². The summed E-state index contributed by atoms with van der Waals surface area (Å²) in [6, 6.07) is 6.15. The molecule has 0 saturated carbocycles. The summed E-state index contributed by atoms with van der Waals surface area (Å²) in [5, 5.41) is 25.1. The smallest absolute Gasteiger partial charge is 0.321 e. The molecule has 0 aliphatic carbocycles. The maximum absolute atomic E-state index is 11.4. The van der Waals surface area contributed by atoms with E-state index in [1.807, 2.05) is 0 Å². The van der Waals surface area contributed by atoms with E-state index in [4.69, 9.17) is 0 Å². The van der Waals surface area contributed by atoms with E-state index in [9.17, 15) is 15.0 Å². The van der Waals surface area contributed by atoms with Crippen LogP contribution in [0.25, 0.3) is 0 Å². The Balaban J connectivity index is 0.00000288. The zero-order chi connectivity index (χ0) is 16.5. The highest BCUT2D eigenvalue weighted by Gasteiger charge is 2.17. The molecular weight excluding hydrogens is 344 g/mol. The summed E-state index contributed by atoms with van der Waals surface area (Å²) in [5.41, 5.74) is 0.914. The first-order valence-electron chi connectivity index (χ1n) is 8.60. The number of aromatic hydroxyl groups is 1. The topological polar surface area (TPSA) is 113 Å². The fourth-order valence-electron chi connectivity index (χ4n) is 3.12. The molecule has 25 heavy (non-hydrogen) atoms. The van der Waals surface area contributed by atoms with Crippen LogP contribution in [0.15, 0.2) is 24.3 Å². The molecule has 1 fully saturated rings. The van der Waals surface area contributed by atoms with E-state index in [0.717, 1.165) is 44.0 Å². The number of phenols is 1. The van der Waals surface area contributed by atoms with Crippen molar-refractivity contribution in [3.05, 3.63) is 29.8 Å². The number of piperidine rings is 1. The Bertz CT molecular complexity index is 478. The Labute approximate surface area is 155 Å². The molecule has 0 bridgehead atoms. The number of nitrogens with one attached hydrogen (secondary N) is 2. The highest BCUT2D eigenvalue weighted by Crippen LogP contribution is 2.18. The predicted octanol–water partition coefficient (Wildman–Crippen LogP) is 1.74. The summed E-state index contributed by atoms with van der Waals surface area (Å²) in [6.45, 7) is 3.01. The van der Waals surface area contributed by atoms with E-state index < -0.39 is 12.0 Å². The number of aliphatic carboxylic acids is 1. The third kappa shape index (κ3) is 9.07. The van der Waals surface area contributed by atoms with Crippen LogP contribution in [0.4, 0.5) is 0 Å². The molecule has 1 aromatic rings. The molecule has 1 saturated heterocycles. The summed E-state index contributed by atoms with van der Waals surface area (Å²) in [4.78, 5) is 11.4. The van der Waals surface area contributed by atoms with E-state index in [-0.39, 0.29) is 23.6 Å². The van der Waals surface area contributed by atoms with Gasteiger partial charge in [0.05, 0.1) is 0 Å². The Morgan fingerprint density at radius 2 is 1.84 bits per heavy atom. The van der Waals surface area contributed by atoms with Gasteiger partial charge in [-0.2, -0.15) is 0 Å². The summed E-state index contributed by atoms with van der Waals surface area (Å²) >= 11 is 0. The van der Waals surface area contributed by atoms with Gasteiger partial charge in [-0.15, -0.1) is 12.4 Å². The van der Waals surface area contributed by atoms with Crippen LogP contribution < -0.4 is 10.6 Å². The average molecular weight is 375 g/mol. The van der Waals surface area contributed by atoms with Crippen LogP contribution in [0, 0.1) is 5.92 Å². The largest absolute Gasteiger partial charge is 0.508 e. The number of carboxylic acids is 1. The van der Waals surface area contributed by atoms with Crippen molar-refractivity contribution in [3.8, 4) is 5.75 Å². The van der Waals surface area contributed by atoms with Gasteiger partial charge in [0, 0.05) is 0 Å². The van der Waals surface area contributed by atoms with Crippen LogP contribution >= 0.6 is 12.4 Å². The molecule has 0 unspecified atom stereocenters. The fourth-order valence-corrected chi connectivity index (χ4v) is 3.12. The quantitative estimate of drug-likeness (QED) is 0.492. The van der Waals surface area contributed by atoms with Crippen molar-refractivity contribution >= 4 is 18.4 Å². The monoisotopic (exact) mass is 374 g/mol. The lowest BCUT2D eigenvalue weighted by molar-refractivity contribution is -0.139. The first-order chi connectivity index (χ1) is 11.1. The first-order valence-corrected chi connectivity index (χ1v) is 8.60. The lowest BCUT2D eigenvalue weighted by atomic mass is 9.92. The third-order valence-corrected chi connectivity index (χ3v) is 4.56. The van der Waals surface area contributed by atoms with Crippen LogP contribution in [-0.2, 0) is 11.2 Å². The number of phenolic OH excluding ortho intramolecular Hbond substituents is 1. The van der Waals surface area contributed by atoms with Crippen LogP contribution in [0.5, 0.6) is 5.75 Å². The molecule has 6 N–H and O–H groups in total. The summed E-state index contributed by atoms with van der Waals surface area (Å²) in [6.07, 6.45) is 6.40. The lowest BCUT2D eigenvalue weighted by Gasteiger charge is -2.22. The lowest BCUT2D eigenvalue weighted by Crippen LogP contribution is -2.39. The van der Waals surface area contributed by atoms with Crippen molar-refractivity contribution in [1.82, 2.24) is 10.6 Å². The van der Waals surface area contributed by atoms with Crippen LogP contribution in [-0.4, -0.2) is 47.3 Å².